The van der Waals surface area contributed by atoms with Crippen LogP contribution in [0.15, 0.2) is 66.0 Å². The quantitative estimate of drug-likeness (QED) is 0.0443. The van der Waals surface area contributed by atoms with Crippen molar-refractivity contribution in [2.75, 3.05) is 50.1 Å². The van der Waals surface area contributed by atoms with E-state index in [0.29, 0.717) is 47.2 Å². The number of carbonyl (C=O) groups is 4. The number of nitrogens with one attached hydrogen (secondary N) is 6. The van der Waals surface area contributed by atoms with Crippen LogP contribution in [-0.4, -0.2) is 131 Å². The second kappa shape index (κ2) is 24.8. The first-order valence-electron chi connectivity index (χ1n) is 28.5. The Morgan fingerprint density at radius 2 is 1.68 bits per heavy atom. The van der Waals surface area contributed by atoms with Crippen molar-refractivity contribution in [1.29, 1.82) is 0 Å². The van der Waals surface area contributed by atoms with Crippen LogP contribution >= 0.6 is 0 Å². The fourth-order valence-electron chi connectivity index (χ4n) is 11.8. The zero-order valence-electron chi connectivity index (χ0n) is 47.0. The molecule has 5 atom stereocenters. The zero-order valence-corrected chi connectivity index (χ0v) is 47.8. The molecule has 79 heavy (non-hydrogen) atoms. The molecule has 20 heteroatoms. The molecule has 5 aromatic rings. The normalized spacial score (nSPS) is 20.1. The standard InChI is InChI=1S/C59H80N12O7S/c1-36-37(2)68-69-53(36)67-54-46-30-50(79(76,77)59(4,5)6)49(31-47(46)63-35-64-54)78-28-14-15-39-24-26-70(27-25-39)51-23-22-43(33-61-51)56(73)65-44-29-48(57(74)62-32-42-20-13-19-40-16-11-12-21-45(40)42)71(34-44)58(75)52(41-17-9-8-10-18-41)66-55(72)38(3)60-7/h11-12,16,21-23,30-31,33,35,38-39,41-42,44,48,52,60H,8-10,13-15,17-20,24-29,32,34H2,1-7H3,(H,62,74)(H,65,73)(H,66,72)(H2,63,64,67,68,69)/t38-,42?,44-,48-,52-/m0/s1. The van der Waals surface area contributed by atoms with E-state index in [-0.39, 0.29) is 59.1 Å². The summed E-state index contributed by atoms with van der Waals surface area (Å²) in [6.07, 6.45) is 14.4. The molecule has 1 saturated carbocycles. The van der Waals surface area contributed by atoms with Gasteiger partial charge >= 0.3 is 0 Å². The van der Waals surface area contributed by atoms with Gasteiger partial charge in [0.1, 0.15) is 40.7 Å². The van der Waals surface area contributed by atoms with Crippen molar-refractivity contribution in [3.05, 3.63) is 89.0 Å². The Balaban J connectivity index is 0.804. The van der Waals surface area contributed by atoms with Gasteiger partial charge in [-0.05, 0) is 154 Å². The molecule has 424 valence electrons. The molecule has 19 nitrogen and oxygen atoms in total. The lowest BCUT2D eigenvalue weighted by atomic mass is 9.82. The number of ether oxygens (including phenoxy) is 1. The molecular formula is C59H80N12O7S. The van der Waals surface area contributed by atoms with Gasteiger partial charge in [-0.3, -0.25) is 24.3 Å². The molecule has 4 amide bonds. The SMILES string of the molecule is CN[C@@H](C)C(=O)N[C@H](C(=O)N1C[C@@H](NC(=O)c2ccc(N3CCC(CCCOc4cc5ncnc(Nc6n[nH]c(C)c6C)c5cc4S(=O)(=O)C(C)(C)C)CC3)nc2)C[C@H]1C(=O)NCC1CCCc2ccccc21)C1CCCCC1. The summed E-state index contributed by atoms with van der Waals surface area (Å²) in [6, 6.07) is 12.7. The summed E-state index contributed by atoms with van der Waals surface area (Å²) in [7, 11) is -2.12. The van der Waals surface area contributed by atoms with E-state index in [1.54, 1.807) is 64.0 Å². The van der Waals surface area contributed by atoms with E-state index in [1.165, 1.54) is 17.5 Å². The van der Waals surface area contributed by atoms with Crippen molar-refractivity contribution in [2.45, 2.75) is 165 Å². The molecule has 0 spiro atoms. The highest BCUT2D eigenvalue weighted by Crippen LogP contribution is 2.38. The number of likely N-dealkylation sites (N-methyl/N-ethyl adjacent to an activating group) is 1. The summed E-state index contributed by atoms with van der Waals surface area (Å²) in [4.78, 5) is 74.0. The van der Waals surface area contributed by atoms with Gasteiger partial charge in [0.05, 0.1) is 28.5 Å². The number of hydrogen-bond acceptors (Lipinski definition) is 14. The van der Waals surface area contributed by atoms with Crippen LogP contribution in [0.1, 0.15) is 143 Å². The van der Waals surface area contributed by atoms with Crippen molar-refractivity contribution < 1.29 is 32.3 Å². The summed E-state index contributed by atoms with van der Waals surface area (Å²) in [6.45, 7) is 13.1. The number of aromatic nitrogens is 5. The monoisotopic (exact) mass is 1100 g/mol. The van der Waals surface area contributed by atoms with Gasteiger partial charge < -0.3 is 41.1 Å². The third-order valence-corrected chi connectivity index (χ3v) is 19.5. The summed E-state index contributed by atoms with van der Waals surface area (Å²) >= 11 is 0. The number of piperidine rings is 1. The van der Waals surface area contributed by atoms with E-state index in [9.17, 15) is 27.6 Å². The molecule has 6 N–H and O–H groups in total. The van der Waals surface area contributed by atoms with Crippen LogP contribution in [0.4, 0.5) is 17.5 Å². The van der Waals surface area contributed by atoms with E-state index >= 15 is 0 Å². The number of hydrogen-bond donors (Lipinski definition) is 6. The van der Waals surface area contributed by atoms with Crippen molar-refractivity contribution in [1.82, 2.24) is 51.3 Å². The Morgan fingerprint density at radius 3 is 2.39 bits per heavy atom. The first kappa shape index (κ1) is 57.0. The number of benzene rings is 2. The molecule has 2 aliphatic heterocycles. The van der Waals surface area contributed by atoms with Crippen molar-refractivity contribution in [3.63, 3.8) is 0 Å². The number of aryl methyl sites for hydroxylation is 2. The summed E-state index contributed by atoms with van der Waals surface area (Å²) < 4.78 is 33.3. The van der Waals surface area contributed by atoms with E-state index in [1.807, 2.05) is 26.0 Å². The number of fused-ring (bicyclic) bond motifs is 2. The van der Waals surface area contributed by atoms with Gasteiger partial charge in [0, 0.05) is 67.0 Å². The van der Waals surface area contributed by atoms with Gasteiger partial charge in [-0.15, -0.1) is 0 Å². The Morgan fingerprint density at radius 1 is 0.911 bits per heavy atom. The largest absolute Gasteiger partial charge is 0.492 e. The maximum atomic E-state index is 14.8. The highest BCUT2D eigenvalue weighted by Gasteiger charge is 2.45. The number of H-pyrrole nitrogens is 1. The third kappa shape index (κ3) is 13.0. The molecule has 0 radical (unpaired) electrons. The average Bonchev–Trinajstić information content (AvgIpc) is 4.17. The van der Waals surface area contributed by atoms with Gasteiger partial charge in [-0.25, -0.2) is 23.4 Å². The van der Waals surface area contributed by atoms with Gasteiger partial charge in [0.15, 0.2) is 15.7 Å². The topological polar surface area (TPSA) is 246 Å². The highest BCUT2D eigenvalue weighted by molar-refractivity contribution is 7.92. The number of anilines is 3. The van der Waals surface area contributed by atoms with Crippen molar-refractivity contribution >= 4 is 61.8 Å². The molecule has 2 aliphatic carbocycles. The fourth-order valence-corrected chi connectivity index (χ4v) is 13.1. The van der Waals surface area contributed by atoms with Gasteiger partial charge in [-0.1, -0.05) is 43.5 Å². The lowest BCUT2D eigenvalue weighted by Gasteiger charge is -2.35. The molecule has 5 heterocycles. The number of rotatable bonds is 19. The predicted molar refractivity (Wildman–Crippen MR) is 305 cm³/mol. The van der Waals surface area contributed by atoms with Crippen LogP contribution in [0.2, 0.25) is 0 Å². The van der Waals surface area contributed by atoms with Crippen molar-refractivity contribution in [3.8, 4) is 5.75 Å². The maximum Gasteiger partial charge on any atom is 0.253 e. The first-order valence-corrected chi connectivity index (χ1v) is 30.0. The predicted octanol–water partition coefficient (Wildman–Crippen LogP) is 7.36. The third-order valence-electron chi connectivity index (χ3n) is 17.0. The molecular weight excluding hydrogens is 1020 g/mol. The van der Waals surface area contributed by atoms with E-state index in [0.717, 1.165) is 107 Å². The second-order valence-electron chi connectivity index (χ2n) is 23.3. The van der Waals surface area contributed by atoms with Gasteiger partial charge in [-0.2, -0.15) is 5.10 Å². The molecule has 9 rings (SSSR count). The van der Waals surface area contributed by atoms with E-state index in [2.05, 4.69) is 69.8 Å². The lowest BCUT2D eigenvalue weighted by molar-refractivity contribution is -0.143. The van der Waals surface area contributed by atoms with Crippen LogP contribution in [0.5, 0.6) is 5.75 Å². The number of pyridine rings is 1. The van der Waals surface area contributed by atoms with Crippen LogP contribution in [0.3, 0.4) is 0 Å². The Labute approximate surface area is 464 Å². The minimum atomic E-state index is -3.83. The fraction of sp³-hybridized carbons (Fsp3) is 0.559. The van der Waals surface area contributed by atoms with Crippen molar-refractivity contribution in [2.24, 2.45) is 11.8 Å². The molecule has 3 aromatic heterocycles. The second-order valence-corrected chi connectivity index (χ2v) is 25.9. The number of amides is 4. The number of sulfone groups is 1. The lowest BCUT2D eigenvalue weighted by Crippen LogP contribution is -2.58. The highest BCUT2D eigenvalue weighted by atomic mass is 32.2. The number of aromatic amines is 1. The Kier molecular flexibility index (Phi) is 17.9. The average molecular weight is 1100 g/mol. The van der Waals surface area contributed by atoms with Crippen LogP contribution < -0.4 is 36.2 Å². The van der Waals surface area contributed by atoms with E-state index < -0.39 is 38.8 Å². The van der Waals surface area contributed by atoms with Gasteiger partial charge in [0.25, 0.3) is 5.91 Å². The summed E-state index contributed by atoms with van der Waals surface area (Å²) in [5.74, 6) is 1.48. The molecule has 4 aliphatic rings. The Hall–Kier alpha value is -6.67. The zero-order chi connectivity index (χ0) is 56.0. The molecule has 3 fully saturated rings. The van der Waals surface area contributed by atoms with Gasteiger partial charge in [0.2, 0.25) is 17.7 Å². The molecule has 0 bridgehead atoms. The Bertz CT molecular complexity index is 3090. The smallest absolute Gasteiger partial charge is 0.253 e. The maximum absolute atomic E-state index is 14.8. The summed E-state index contributed by atoms with van der Waals surface area (Å²) in [5.41, 5.74) is 5.32. The first-order chi connectivity index (χ1) is 37.9. The van der Waals surface area contributed by atoms with Crippen LogP contribution in [0, 0.1) is 25.7 Å². The number of carbonyl (C=O) groups excluding carboxylic acids is 4. The number of nitrogens with zero attached hydrogens (tertiary/aromatic N) is 6. The number of likely N-dealkylation sites (tertiary alicyclic amines) is 1. The molecule has 2 aromatic carbocycles. The summed E-state index contributed by atoms with van der Waals surface area (Å²) in [5, 5.41) is 23.5. The van der Waals surface area contributed by atoms with Crippen LogP contribution in [0.25, 0.3) is 10.9 Å². The minimum absolute atomic E-state index is 0.0580. The molecule has 2 saturated heterocycles. The van der Waals surface area contributed by atoms with E-state index in [4.69, 9.17) is 9.72 Å². The minimum Gasteiger partial charge on any atom is -0.492 e. The van der Waals surface area contributed by atoms with Crippen LogP contribution in [-0.2, 0) is 30.6 Å². The molecule has 1 unspecified atom stereocenters.